The van der Waals surface area contributed by atoms with Crippen LogP contribution in [0.15, 0.2) is 29.2 Å². The highest BCUT2D eigenvalue weighted by atomic mass is 32.2. The Morgan fingerprint density at radius 2 is 1.71 bits per heavy atom. The van der Waals surface area contributed by atoms with Gasteiger partial charge in [-0.15, -0.1) is 0 Å². The third kappa shape index (κ3) is 3.19. The Labute approximate surface area is 84.9 Å². The zero-order valence-electron chi connectivity index (χ0n) is 8.48. The molecule has 0 bridgehead atoms. The van der Waals surface area contributed by atoms with Gasteiger partial charge in [0.1, 0.15) is 6.07 Å². The van der Waals surface area contributed by atoms with Gasteiger partial charge in [0.25, 0.3) is 0 Å². The van der Waals surface area contributed by atoms with Crippen LogP contribution in [-0.4, -0.2) is 14.7 Å². The highest BCUT2D eigenvalue weighted by Crippen LogP contribution is 2.13. The van der Waals surface area contributed by atoms with Gasteiger partial charge in [-0.3, -0.25) is 0 Å². The quantitative estimate of drug-likeness (QED) is 0.713. The summed E-state index contributed by atoms with van der Waals surface area (Å²) in [6.07, 6.45) is 1.09. The topological polar surface area (TPSA) is 57.9 Å². The molecule has 1 rings (SSSR count). The molecule has 0 aliphatic carbocycles. The summed E-state index contributed by atoms with van der Waals surface area (Å²) < 4.78 is 22.1. The van der Waals surface area contributed by atoms with Crippen LogP contribution in [0.4, 0.5) is 0 Å². The Morgan fingerprint density at radius 3 is 2.07 bits per heavy atom. The zero-order chi connectivity index (χ0) is 11.2. The number of hydrogen-bond acceptors (Lipinski definition) is 3. The first kappa shape index (κ1) is 12.7. The molecule has 0 atom stereocenters. The SMILES string of the molecule is CC.CS(=O)(=O)c1ccccc1C#N. The smallest absolute Gasteiger partial charge is 0.176 e. The summed E-state index contributed by atoms with van der Waals surface area (Å²) in [6.45, 7) is 4.00. The highest BCUT2D eigenvalue weighted by Gasteiger charge is 2.10. The average molecular weight is 211 g/mol. The van der Waals surface area contributed by atoms with Gasteiger partial charge in [-0.05, 0) is 12.1 Å². The molecule has 0 radical (unpaired) electrons. The number of nitrogens with zero attached hydrogens (tertiary/aromatic N) is 1. The minimum atomic E-state index is -3.27. The first-order chi connectivity index (χ1) is 6.55. The van der Waals surface area contributed by atoms with Crippen molar-refractivity contribution >= 4 is 9.84 Å². The van der Waals surface area contributed by atoms with E-state index >= 15 is 0 Å². The highest BCUT2D eigenvalue weighted by molar-refractivity contribution is 7.90. The van der Waals surface area contributed by atoms with Crippen LogP contribution in [0.2, 0.25) is 0 Å². The maximum absolute atomic E-state index is 11.1. The molecule has 0 saturated heterocycles. The number of benzene rings is 1. The van der Waals surface area contributed by atoms with E-state index in [1.807, 2.05) is 19.9 Å². The van der Waals surface area contributed by atoms with E-state index < -0.39 is 9.84 Å². The van der Waals surface area contributed by atoms with Crippen molar-refractivity contribution in [1.29, 1.82) is 5.26 Å². The fraction of sp³-hybridized carbons (Fsp3) is 0.300. The molecule has 0 heterocycles. The van der Waals surface area contributed by atoms with Gasteiger partial charge < -0.3 is 0 Å². The summed E-state index contributed by atoms with van der Waals surface area (Å²) in [5, 5.41) is 8.57. The second kappa shape index (κ2) is 5.40. The van der Waals surface area contributed by atoms with Gasteiger partial charge in [-0.1, -0.05) is 26.0 Å². The van der Waals surface area contributed by atoms with Crippen LogP contribution in [0, 0.1) is 11.3 Å². The van der Waals surface area contributed by atoms with Gasteiger partial charge in [0.2, 0.25) is 0 Å². The zero-order valence-corrected chi connectivity index (χ0v) is 9.30. The van der Waals surface area contributed by atoms with E-state index in [2.05, 4.69) is 0 Å². The largest absolute Gasteiger partial charge is 0.224 e. The Kier molecular flexibility index (Phi) is 4.89. The predicted molar refractivity (Wildman–Crippen MR) is 55.6 cm³/mol. The van der Waals surface area contributed by atoms with E-state index in [1.165, 1.54) is 12.1 Å². The summed E-state index contributed by atoms with van der Waals surface area (Å²) >= 11 is 0. The Hall–Kier alpha value is -1.34. The lowest BCUT2D eigenvalue weighted by atomic mass is 10.2. The van der Waals surface area contributed by atoms with Gasteiger partial charge in [0.15, 0.2) is 9.84 Å². The molecule has 0 aromatic heterocycles. The minimum absolute atomic E-state index is 0.0903. The molecule has 3 nitrogen and oxygen atoms in total. The maximum atomic E-state index is 11.1. The Balaban J connectivity index is 0.000000791. The third-order valence-electron chi connectivity index (χ3n) is 1.41. The molecule has 14 heavy (non-hydrogen) atoms. The van der Waals surface area contributed by atoms with E-state index in [0.29, 0.717) is 0 Å². The molecule has 0 aliphatic heterocycles. The first-order valence-electron chi connectivity index (χ1n) is 4.25. The summed E-state index contributed by atoms with van der Waals surface area (Å²) in [7, 11) is -3.27. The van der Waals surface area contributed by atoms with E-state index in [9.17, 15) is 8.42 Å². The van der Waals surface area contributed by atoms with Crippen LogP contribution in [0.1, 0.15) is 19.4 Å². The number of sulfone groups is 1. The molecule has 0 spiro atoms. The minimum Gasteiger partial charge on any atom is -0.224 e. The molecular weight excluding hydrogens is 198 g/mol. The second-order valence-electron chi connectivity index (χ2n) is 2.38. The molecule has 1 aromatic carbocycles. The van der Waals surface area contributed by atoms with E-state index in [4.69, 9.17) is 5.26 Å². The van der Waals surface area contributed by atoms with Crippen molar-refractivity contribution in [2.24, 2.45) is 0 Å². The first-order valence-corrected chi connectivity index (χ1v) is 6.14. The van der Waals surface area contributed by atoms with Crippen LogP contribution >= 0.6 is 0 Å². The third-order valence-corrected chi connectivity index (χ3v) is 2.56. The second-order valence-corrected chi connectivity index (χ2v) is 4.36. The molecule has 0 saturated carbocycles. The summed E-state index contributed by atoms with van der Waals surface area (Å²) in [6, 6.07) is 7.96. The van der Waals surface area contributed by atoms with Crippen LogP contribution in [0.25, 0.3) is 0 Å². The van der Waals surface area contributed by atoms with Crippen molar-refractivity contribution in [3.8, 4) is 6.07 Å². The lowest BCUT2D eigenvalue weighted by Gasteiger charge is -1.98. The standard InChI is InChI=1S/C8H7NO2S.C2H6/c1-12(10,11)8-5-3-2-4-7(8)6-9;1-2/h2-5H,1H3;1-2H3. The predicted octanol–water partition coefficient (Wildman–Crippen LogP) is 1.99. The Morgan fingerprint density at radius 1 is 1.21 bits per heavy atom. The van der Waals surface area contributed by atoms with Gasteiger partial charge >= 0.3 is 0 Å². The Bertz CT molecular complexity index is 430. The van der Waals surface area contributed by atoms with Gasteiger partial charge in [-0.25, -0.2) is 8.42 Å². The van der Waals surface area contributed by atoms with Crippen LogP contribution in [-0.2, 0) is 9.84 Å². The van der Waals surface area contributed by atoms with E-state index in [1.54, 1.807) is 12.1 Å². The molecule has 1 aromatic rings. The van der Waals surface area contributed by atoms with Crippen LogP contribution in [0.3, 0.4) is 0 Å². The van der Waals surface area contributed by atoms with Crippen molar-refractivity contribution < 1.29 is 8.42 Å². The maximum Gasteiger partial charge on any atom is 0.176 e. The monoisotopic (exact) mass is 211 g/mol. The molecule has 0 unspecified atom stereocenters. The fourth-order valence-corrected chi connectivity index (χ4v) is 1.72. The van der Waals surface area contributed by atoms with Crippen molar-refractivity contribution in [3.05, 3.63) is 29.8 Å². The number of hydrogen-bond donors (Lipinski definition) is 0. The molecular formula is C10H13NO2S. The van der Waals surface area contributed by atoms with Gasteiger partial charge in [0.05, 0.1) is 10.5 Å². The average Bonchev–Trinajstić information content (AvgIpc) is 2.19. The van der Waals surface area contributed by atoms with Gasteiger partial charge in [0, 0.05) is 6.26 Å². The molecule has 0 amide bonds. The van der Waals surface area contributed by atoms with Crippen molar-refractivity contribution in [2.45, 2.75) is 18.7 Å². The van der Waals surface area contributed by atoms with Crippen molar-refractivity contribution in [3.63, 3.8) is 0 Å². The molecule has 0 aliphatic rings. The normalized spacial score (nSPS) is 9.57. The molecule has 0 fully saturated rings. The van der Waals surface area contributed by atoms with Crippen molar-refractivity contribution in [2.75, 3.05) is 6.26 Å². The van der Waals surface area contributed by atoms with Crippen LogP contribution < -0.4 is 0 Å². The fourth-order valence-electron chi connectivity index (χ4n) is 0.882. The van der Waals surface area contributed by atoms with E-state index in [0.717, 1.165) is 6.26 Å². The van der Waals surface area contributed by atoms with Gasteiger partial charge in [-0.2, -0.15) is 5.26 Å². The number of rotatable bonds is 1. The molecule has 76 valence electrons. The summed E-state index contributed by atoms with van der Waals surface area (Å²) in [5.41, 5.74) is 0.194. The van der Waals surface area contributed by atoms with E-state index in [-0.39, 0.29) is 10.5 Å². The van der Waals surface area contributed by atoms with Crippen molar-refractivity contribution in [1.82, 2.24) is 0 Å². The molecule has 4 heteroatoms. The lowest BCUT2D eigenvalue weighted by Crippen LogP contribution is -1.99. The molecule has 0 N–H and O–H groups in total. The summed E-state index contributed by atoms with van der Waals surface area (Å²) in [4.78, 5) is 0.0903. The van der Waals surface area contributed by atoms with Crippen LogP contribution in [0.5, 0.6) is 0 Å². The summed E-state index contributed by atoms with van der Waals surface area (Å²) in [5.74, 6) is 0. The lowest BCUT2D eigenvalue weighted by molar-refractivity contribution is 0.601. The number of nitriles is 1.